The Morgan fingerprint density at radius 3 is 2.44 bits per heavy atom. The lowest BCUT2D eigenvalue weighted by Gasteiger charge is -2.31. The van der Waals surface area contributed by atoms with Crippen molar-refractivity contribution < 1.29 is 27.2 Å². The maximum absolute atomic E-state index is 13.7. The number of nitrogens with zero attached hydrogens (tertiary/aromatic N) is 1. The Hall–Kier alpha value is -1.83. The van der Waals surface area contributed by atoms with Gasteiger partial charge in [-0.05, 0) is 25.0 Å². The Bertz CT molecular complexity index is 623. The van der Waals surface area contributed by atoms with Gasteiger partial charge in [-0.1, -0.05) is 17.7 Å². The van der Waals surface area contributed by atoms with Gasteiger partial charge in [-0.25, -0.2) is 4.39 Å². The summed E-state index contributed by atoms with van der Waals surface area (Å²) < 4.78 is 50.1. The molecule has 4 nitrogen and oxygen atoms in total. The molecule has 138 valence electrons. The molecule has 25 heavy (non-hydrogen) atoms. The minimum absolute atomic E-state index is 0.110. The highest BCUT2D eigenvalue weighted by Crippen LogP contribution is 2.23. The summed E-state index contributed by atoms with van der Waals surface area (Å²) in [5.41, 5.74) is 0.110. The van der Waals surface area contributed by atoms with Crippen LogP contribution < -0.4 is 5.32 Å². The number of carbonyl (C=O) groups excluding carboxylic acids is 2. The molecule has 1 heterocycles. The number of carbonyl (C=O) groups is 2. The predicted octanol–water partition coefficient (Wildman–Crippen LogP) is 2.94. The van der Waals surface area contributed by atoms with Gasteiger partial charge in [0.25, 0.3) is 0 Å². The van der Waals surface area contributed by atoms with Crippen molar-refractivity contribution >= 4 is 23.4 Å². The third-order valence-electron chi connectivity index (χ3n) is 4.07. The fourth-order valence-corrected chi connectivity index (χ4v) is 2.92. The van der Waals surface area contributed by atoms with Gasteiger partial charge in [-0.2, -0.15) is 13.2 Å². The SMILES string of the molecule is O=C(NCC(F)(F)F)C1CCN(C(=O)Cc2c(F)cccc2Cl)CC1. The zero-order valence-corrected chi connectivity index (χ0v) is 14.0. The zero-order valence-electron chi connectivity index (χ0n) is 13.2. The molecule has 1 saturated heterocycles. The van der Waals surface area contributed by atoms with E-state index >= 15 is 0 Å². The van der Waals surface area contributed by atoms with Crippen LogP contribution >= 0.6 is 11.6 Å². The molecule has 1 aliphatic heterocycles. The maximum atomic E-state index is 13.7. The van der Waals surface area contributed by atoms with E-state index in [1.165, 1.54) is 23.1 Å². The summed E-state index contributed by atoms with van der Waals surface area (Å²) in [6.07, 6.45) is -4.12. The average molecular weight is 381 g/mol. The highest BCUT2D eigenvalue weighted by Gasteiger charge is 2.32. The Morgan fingerprint density at radius 1 is 1.24 bits per heavy atom. The van der Waals surface area contributed by atoms with Gasteiger partial charge in [0.15, 0.2) is 0 Å². The lowest BCUT2D eigenvalue weighted by atomic mass is 9.95. The molecule has 1 aromatic carbocycles. The van der Waals surface area contributed by atoms with Crippen molar-refractivity contribution in [2.45, 2.75) is 25.4 Å². The number of benzene rings is 1. The van der Waals surface area contributed by atoms with Gasteiger partial charge < -0.3 is 10.2 Å². The Morgan fingerprint density at radius 2 is 1.88 bits per heavy atom. The third kappa shape index (κ3) is 5.59. The Kier molecular flexibility index (Phi) is 6.26. The van der Waals surface area contributed by atoms with Crippen molar-refractivity contribution in [1.29, 1.82) is 0 Å². The first-order chi connectivity index (χ1) is 11.7. The summed E-state index contributed by atoms with van der Waals surface area (Å²) in [5.74, 6) is -2.13. The first-order valence-electron chi connectivity index (χ1n) is 7.72. The average Bonchev–Trinajstić information content (AvgIpc) is 2.55. The van der Waals surface area contributed by atoms with Crippen LogP contribution in [0.1, 0.15) is 18.4 Å². The number of piperidine rings is 1. The van der Waals surface area contributed by atoms with E-state index in [1.807, 2.05) is 5.32 Å². The topological polar surface area (TPSA) is 49.4 Å². The molecule has 0 atom stereocenters. The molecule has 0 aromatic heterocycles. The molecule has 2 rings (SSSR count). The fourth-order valence-electron chi connectivity index (χ4n) is 2.69. The van der Waals surface area contributed by atoms with Crippen LogP contribution in [0, 0.1) is 11.7 Å². The van der Waals surface area contributed by atoms with Crippen LogP contribution in [0.3, 0.4) is 0 Å². The maximum Gasteiger partial charge on any atom is 0.405 e. The minimum atomic E-state index is -4.45. The summed E-state index contributed by atoms with van der Waals surface area (Å²) in [7, 11) is 0. The van der Waals surface area contributed by atoms with E-state index in [2.05, 4.69) is 0 Å². The fraction of sp³-hybridized carbons (Fsp3) is 0.500. The second-order valence-corrected chi connectivity index (χ2v) is 6.27. The molecule has 1 aromatic rings. The van der Waals surface area contributed by atoms with Crippen LogP contribution in [0.2, 0.25) is 5.02 Å². The number of amides is 2. The molecule has 1 fully saturated rings. The van der Waals surface area contributed by atoms with Crippen molar-refractivity contribution in [3.05, 3.63) is 34.6 Å². The largest absolute Gasteiger partial charge is 0.405 e. The lowest BCUT2D eigenvalue weighted by Crippen LogP contribution is -2.45. The van der Waals surface area contributed by atoms with Gasteiger partial charge in [-0.15, -0.1) is 0 Å². The number of halogens is 5. The number of hydrogen-bond acceptors (Lipinski definition) is 2. The Balaban J connectivity index is 1.85. The molecule has 9 heteroatoms. The van der Waals surface area contributed by atoms with Crippen molar-refractivity contribution in [2.75, 3.05) is 19.6 Å². The van der Waals surface area contributed by atoms with E-state index in [0.29, 0.717) is 0 Å². The minimum Gasteiger partial charge on any atom is -0.347 e. The monoisotopic (exact) mass is 380 g/mol. The van der Waals surface area contributed by atoms with E-state index in [9.17, 15) is 27.2 Å². The molecule has 0 saturated carbocycles. The van der Waals surface area contributed by atoms with E-state index in [-0.39, 0.29) is 48.8 Å². The van der Waals surface area contributed by atoms with Gasteiger partial charge >= 0.3 is 6.18 Å². The van der Waals surface area contributed by atoms with Gasteiger partial charge in [-0.3, -0.25) is 9.59 Å². The molecular weight excluding hydrogens is 364 g/mol. The summed E-state index contributed by atoms with van der Waals surface area (Å²) in [6, 6.07) is 4.15. The molecule has 0 bridgehead atoms. The van der Waals surface area contributed by atoms with Gasteiger partial charge in [0.05, 0.1) is 6.42 Å². The van der Waals surface area contributed by atoms with Crippen molar-refractivity contribution in [3.8, 4) is 0 Å². The first-order valence-corrected chi connectivity index (χ1v) is 8.10. The quantitative estimate of drug-likeness (QED) is 0.816. The van der Waals surface area contributed by atoms with Crippen molar-refractivity contribution in [2.24, 2.45) is 5.92 Å². The van der Waals surface area contributed by atoms with Gasteiger partial charge in [0.2, 0.25) is 11.8 Å². The van der Waals surface area contributed by atoms with E-state index < -0.39 is 30.4 Å². The lowest BCUT2D eigenvalue weighted by molar-refractivity contribution is -0.142. The highest BCUT2D eigenvalue weighted by atomic mass is 35.5. The van der Waals surface area contributed by atoms with Gasteiger partial charge in [0.1, 0.15) is 12.4 Å². The van der Waals surface area contributed by atoms with Crippen molar-refractivity contribution in [3.63, 3.8) is 0 Å². The van der Waals surface area contributed by atoms with E-state index in [1.54, 1.807) is 0 Å². The third-order valence-corrected chi connectivity index (χ3v) is 4.43. The molecule has 1 aliphatic rings. The normalized spacial score (nSPS) is 16.0. The molecule has 1 N–H and O–H groups in total. The first kappa shape index (κ1) is 19.5. The second kappa shape index (κ2) is 8.03. The predicted molar refractivity (Wildman–Crippen MR) is 83.5 cm³/mol. The number of nitrogens with one attached hydrogen (secondary N) is 1. The Labute approximate surface area is 147 Å². The summed E-state index contributed by atoms with van der Waals surface area (Å²) in [4.78, 5) is 25.4. The van der Waals surface area contributed by atoms with Crippen LogP contribution in [0.15, 0.2) is 18.2 Å². The number of rotatable bonds is 4. The van der Waals surface area contributed by atoms with E-state index in [0.717, 1.165) is 0 Å². The molecular formula is C16H17ClF4N2O2. The smallest absolute Gasteiger partial charge is 0.347 e. The van der Waals surface area contributed by atoms with Crippen LogP contribution in [0.25, 0.3) is 0 Å². The number of alkyl halides is 3. The van der Waals surface area contributed by atoms with Crippen LogP contribution in [-0.2, 0) is 16.0 Å². The molecule has 0 radical (unpaired) electrons. The summed E-state index contributed by atoms with van der Waals surface area (Å²) in [6.45, 7) is -0.902. The second-order valence-electron chi connectivity index (χ2n) is 5.87. The number of likely N-dealkylation sites (tertiary alicyclic amines) is 1. The molecule has 0 aliphatic carbocycles. The van der Waals surface area contributed by atoms with Crippen molar-refractivity contribution in [1.82, 2.24) is 10.2 Å². The van der Waals surface area contributed by atoms with Gasteiger partial charge in [0, 0.05) is 29.6 Å². The number of hydrogen-bond donors (Lipinski definition) is 1. The standard InChI is InChI=1S/C16H17ClF4N2O2/c17-12-2-1-3-13(18)11(12)8-14(24)23-6-4-10(5-7-23)15(25)22-9-16(19,20)21/h1-3,10H,4-9H2,(H,22,25). The van der Waals surface area contributed by atoms with Crippen LogP contribution in [0.5, 0.6) is 0 Å². The molecule has 0 unspecified atom stereocenters. The zero-order chi connectivity index (χ0) is 18.6. The summed E-state index contributed by atoms with van der Waals surface area (Å²) in [5, 5.41) is 2.02. The molecule has 0 spiro atoms. The van der Waals surface area contributed by atoms with Crippen LogP contribution in [-0.4, -0.2) is 42.5 Å². The van der Waals surface area contributed by atoms with Crippen LogP contribution in [0.4, 0.5) is 17.6 Å². The highest BCUT2D eigenvalue weighted by molar-refractivity contribution is 6.31. The molecule has 2 amide bonds. The van der Waals surface area contributed by atoms with E-state index in [4.69, 9.17) is 11.6 Å². The summed E-state index contributed by atoms with van der Waals surface area (Å²) >= 11 is 5.89.